The van der Waals surface area contributed by atoms with E-state index in [1.807, 2.05) is 16.9 Å². The number of hydrogen-bond donors (Lipinski definition) is 2. The maximum atomic E-state index is 5.80. The van der Waals surface area contributed by atoms with Crippen molar-refractivity contribution >= 4 is 15.9 Å². The lowest BCUT2D eigenvalue weighted by Gasteiger charge is -2.20. The summed E-state index contributed by atoms with van der Waals surface area (Å²) in [5.74, 6) is 5.80. The molecule has 20 heavy (non-hydrogen) atoms. The van der Waals surface area contributed by atoms with Gasteiger partial charge in [-0.3, -0.25) is 10.5 Å². The number of hydrazine groups is 1. The summed E-state index contributed by atoms with van der Waals surface area (Å²) in [4.78, 5) is 0. The molecule has 0 aliphatic carbocycles. The second-order valence-electron chi connectivity index (χ2n) is 5.05. The van der Waals surface area contributed by atoms with Crippen LogP contribution >= 0.6 is 15.9 Å². The van der Waals surface area contributed by atoms with Gasteiger partial charge in [-0.05, 0) is 43.0 Å². The summed E-state index contributed by atoms with van der Waals surface area (Å²) in [5, 5.41) is 4.37. The lowest BCUT2D eigenvalue weighted by Crippen LogP contribution is -2.31. The van der Waals surface area contributed by atoms with Crippen molar-refractivity contribution in [3.8, 4) is 0 Å². The van der Waals surface area contributed by atoms with E-state index >= 15 is 0 Å². The number of halogens is 1. The molecule has 0 aliphatic rings. The van der Waals surface area contributed by atoms with Crippen molar-refractivity contribution in [3.05, 3.63) is 51.3 Å². The minimum absolute atomic E-state index is 0.0467. The molecule has 1 heterocycles. The van der Waals surface area contributed by atoms with Gasteiger partial charge in [-0.25, -0.2) is 5.43 Å². The first-order valence-corrected chi connectivity index (χ1v) is 7.62. The molecule has 108 valence electrons. The Hall–Kier alpha value is -1.17. The van der Waals surface area contributed by atoms with Crippen LogP contribution in [0.3, 0.4) is 0 Å². The summed E-state index contributed by atoms with van der Waals surface area (Å²) >= 11 is 3.60. The predicted molar refractivity (Wildman–Crippen MR) is 85.3 cm³/mol. The van der Waals surface area contributed by atoms with E-state index in [2.05, 4.69) is 59.4 Å². The number of nitrogens with two attached hydrogens (primary N) is 1. The number of hydrogen-bond acceptors (Lipinski definition) is 3. The smallest absolute Gasteiger partial charge is 0.0878 e. The molecular formula is C15H21BrN4. The molecule has 5 heteroatoms. The van der Waals surface area contributed by atoms with Gasteiger partial charge >= 0.3 is 0 Å². The topological polar surface area (TPSA) is 55.9 Å². The van der Waals surface area contributed by atoms with E-state index in [1.54, 1.807) is 0 Å². The molecule has 1 atom stereocenters. The fourth-order valence-corrected chi connectivity index (χ4v) is 2.71. The summed E-state index contributed by atoms with van der Waals surface area (Å²) in [5.41, 5.74) is 7.59. The van der Waals surface area contributed by atoms with Crippen LogP contribution in [0, 0.1) is 13.8 Å². The van der Waals surface area contributed by atoms with E-state index < -0.39 is 0 Å². The second-order valence-corrected chi connectivity index (χ2v) is 5.84. The molecule has 1 unspecified atom stereocenters. The normalized spacial score (nSPS) is 12.7. The van der Waals surface area contributed by atoms with Gasteiger partial charge in [0.1, 0.15) is 0 Å². The quantitative estimate of drug-likeness (QED) is 0.651. The first-order valence-electron chi connectivity index (χ1n) is 6.83. The van der Waals surface area contributed by atoms with Crippen LogP contribution in [0.1, 0.15) is 41.8 Å². The first-order chi connectivity index (χ1) is 9.58. The predicted octanol–water partition coefficient (Wildman–Crippen LogP) is 3.23. The van der Waals surface area contributed by atoms with E-state index in [4.69, 9.17) is 5.84 Å². The number of aromatic nitrogens is 2. The van der Waals surface area contributed by atoms with Crippen LogP contribution in [0.5, 0.6) is 0 Å². The summed E-state index contributed by atoms with van der Waals surface area (Å²) < 4.78 is 3.16. The van der Waals surface area contributed by atoms with Gasteiger partial charge in [0.15, 0.2) is 0 Å². The Balaban J connectivity index is 2.44. The average Bonchev–Trinajstić information content (AvgIpc) is 2.86. The standard InChI is InChI=1S/C15H21BrN4/c1-4-7-20-13(5-6-18-20)15(19-17)12-8-10(2)14(16)11(3)9-12/h5-6,8-9,15,19H,4,7,17H2,1-3H3. The van der Waals surface area contributed by atoms with Gasteiger partial charge in [0.2, 0.25) is 0 Å². The second kappa shape index (κ2) is 6.52. The Labute approximate surface area is 128 Å². The fourth-order valence-electron chi connectivity index (χ4n) is 2.49. The molecule has 0 bridgehead atoms. The SMILES string of the molecule is CCCn1nccc1C(NN)c1cc(C)c(Br)c(C)c1. The maximum Gasteiger partial charge on any atom is 0.0878 e. The fraction of sp³-hybridized carbons (Fsp3) is 0.400. The van der Waals surface area contributed by atoms with Gasteiger partial charge in [0.25, 0.3) is 0 Å². The molecule has 0 amide bonds. The number of nitrogens with zero attached hydrogens (tertiary/aromatic N) is 2. The van der Waals surface area contributed by atoms with Crippen LogP contribution in [-0.2, 0) is 6.54 Å². The zero-order chi connectivity index (χ0) is 14.7. The van der Waals surface area contributed by atoms with Gasteiger partial charge in [0.05, 0.1) is 11.7 Å². The number of rotatable bonds is 5. The van der Waals surface area contributed by atoms with E-state index in [0.717, 1.165) is 28.7 Å². The van der Waals surface area contributed by atoms with Gasteiger partial charge < -0.3 is 0 Å². The molecule has 3 N–H and O–H groups in total. The highest BCUT2D eigenvalue weighted by molar-refractivity contribution is 9.10. The zero-order valence-electron chi connectivity index (χ0n) is 12.2. The minimum atomic E-state index is -0.0467. The lowest BCUT2D eigenvalue weighted by atomic mass is 9.99. The molecule has 0 radical (unpaired) electrons. The summed E-state index contributed by atoms with van der Waals surface area (Å²) in [6.45, 7) is 7.23. The Bertz CT molecular complexity index is 568. The van der Waals surface area contributed by atoms with Crippen LogP contribution in [-0.4, -0.2) is 9.78 Å². The third-order valence-electron chi connectivity index (χ3n) is 3.44. The first kappa shape index (κ1) is 15.2. The molecule has 2 aromatic rings. The molecule has 1 aromatic heterocycles. The summed E-state index contributed by atoms with van der Waals surface area (Å²) in [7, 11) is 0. The van der Waals surface area contributed by atoms with Crippen LogP contribution in [0.25, 0.3) is 0 Å². The van der Waals surface area contributed by atoms with Crippen molar-refractivity contribution in [1.29, 1.82) is 0 Å². The minimum Gasteiger partial charge on any atom is -0.271 e. The molecule has 2 rings (SSSR count). The molecule has 0 saturated carbocycles. The molecule has 4 nitrogen and oxygen atoms in total. The van der Waals surface area contributed by atoms with E-state index in [-0.39, 0.29) is 6.04 Å². The third-order valence-corrected chi connectivity index (χ3v) is 4.69. The molecule has 0 fully saturated rings. The molecule has 0 saturated heterocycles. The Morgan fingerprint density at radius 2 is 2.00 bits per heavy atom. The van der Waals surface area contributed by atoms with Crippen LogP contribution < -0.4 is 11.3 Å². The van der Waals surface area contributed by atoms with Gasteiger partial charge in [-0.15, -0.1) is 0 Å². The van der Waals surface area contributed by atoms with Crippen molar-refractivity contribution in [2.45, 2.75) is 39.8 Å². The molecular weight excluding hydrogens is 316 g/mol. The molecule has 0 aliphatic heterocycles. The summed E-state index contributed by atoms with van der Waals surface area (Å²) in [6.07, 6.45) is 2.87. The van der Waals surface area contributed by atoms with Crippen LogP contribution in [0.4, 0.5) is 0 Å². The number of aryl methyl sites for hydroxylation is 3. The highest BCUT2D eigenvalue weighted by Gasteiger charge is 2.18. The number of benzene rings is 1. The Kier molecular flexibility index (Phi) is 4.96. The van der Waals surface area contributed by atoms with Gasteiger partial charge in [0, 0.05) is 17.2 Å². The molecule has 0 spiro atoms. The van der Waals surface area contributed by atoms with Crippen molar-refractivity contribution in [2.75, 3.05) is 0 Å². The van der Waals surface area contributed by atoms with E-state index in [0.29, 0.717) is 0 Å². The average molecular weight is 337 g/mol. The zero-order valence-corrected chi connectivity index (χ0v) is 13.7. The van der Waals surface area contributed by atoms with Crippen LogP contribution in [0.2, 0.25) is 0 Å². The van der Waals surface area contributed by atoms with E-state index in [1.165, 1.54) is 11.1 Å². The lowest BCUT2D eigenvalue weighted by molar-refractivity contribution is 0.520. The van der Waals surface area contributed by atoms with E-state index in [9.17, 15) is 0 Å². The highest BCUT2D eigenvalue weighted by atomic mass is 79.9. The monoisotopic (exact) mass is 336 g/mol. The maximum absolute atomic E-state index is 5.80. The third kappa shape index (κ3) is 2.95. The van der Waals surface area contributed by atoms with Crippen molar-refractivity contribution in [2.24, 2.45) is 5.84 Å². The largest absolute Gasteiger partial charge is 0.271 e. The van der Waals surface area contributed by atoms with Crippen molar-refractivity contribution < 1.29 is 0 Å². The Morgan fingerprint density at radius 3 is 2.55 bits per heavy atom. The highest BCUT2D eigenvalue weighted by Crippen LogP contribution is 2.28. The summed E-state index contributed by atoms with van der Waals surface area (Å²) in [6, 6.07) is 6.29. The van der Waals surface area contributed by atoms with Gasteiger partial charge in [-0.2, -0.15) is 5.10 Å². The van der Waals surface area contributed by atoms with Crippen molar-refractivity contribution in [1.82, 2.24) is 15.2 Å². The molecule has 1 aromatic carbocycles. The Morgan fingerprint density at radius 1 is 1.35 bits per heavy atom. The van der Waals surface area contributed by atoms with Crippen molar-refractivity contribution in [3.63, 3.8) is 0 Å². The van der Waals surface area contributed by atoms with Gasteiger partial charge in [-0.1, -0.05) is 35.0 Å². The number of nitrogens with one attached hydrogen (secondary N) is 1. The van der Waals surface area contributed by atoms with Crippen LogP contribution in [0.15, 0.2) is 28.9 Å².